The van der Waals surface area contributed by atoms with E-state index >= 15 is 0 Å². The Kier molecular flexibility index (Phi) is 37.5. The van der Waals surface area contributed by atoms with E-state index in [9.17, 15) is 0 Å². The van der Waals surface area contributed by atoms with Gasteiger partial charge in [-0.2, -0.15) is 0 Å². The third-order valence-corrected chi connectivity index (χ3v) is 2.62. The van der Waals surface area contributed by atoms with E-state index in [1.165, 1.54) is 0 Å². The van der Waals surface area contributed by atoms with E-state index in [-0.39, 0.29) is 59.4 Å². The first-order valence-electron chi connectivity index (χ1n) is 6.41. The first kappa shape index (κ1) is 33.7. The van der Waals surface area contributed by atoms with E-state index in [1.54, 1.807) is 0 Å². The van der Waals surface area contributed by atoms with Crippen LogP contribution in [-0.2, 0) is 16.8 Å². The largest absolute Gasteiger partial charge is 3.00 e. The molecule has 134 valence electrons. The summed E-state index contributed by atoms with van der Waals surface area (Å²) in [5.41, 5.74) is 16.6. The third-order valence-electron chi connectivity index (χ3n) is 2.62. The maximum Gasteiger partial charge on any atom is 3.00 e. The minimum absolute atomic E-state index is 0. The molecule has 6 nitrogen and oxygen atoms in total. The van der Waals surface area contributed by atoms with Crippen LogP contribution in [0.1, 0.15) is 6.92 Å². The van der Waals surface area contributed by atoms with Gasteiger partial charge in [-0.05, 0) is 0 Å². The average Bonchev–Trinajstić information content (AvgIpc) is 2.30. The molecule has 0 aromatic carbocycles. The van der Waals surface area contributed by atoms with Crippen LogP contribution in [0.25, 0.3) is 0 Å². The van der Waals surface area contributed by atoms with E-state index in [4.69, 9.17) is 17.2 Å². The Labute approximate surface area is 158 Å². The Morgan fingerprint density at radius 1 is 0.667 bits per heavy atom. The summed E-state index contributed by atoms with van der Waals surface area (Å²) in [4.78, 5) is 0. The average molecular weight is 412 g/mol. The fraction of sp³-hybridized carbons (Fsp3) is 1.00. The molecule has 0 bridgehead atoms. The Bertz CT molecular complexity index is 156. The molecule has 0 atom stereocenters. The van der Waals surface area contributed by atoms with Gasteiger partial charge in [0.05, 0.1) is 0 Å². The topological polar surface area (TPSA) is 114 Å². The van der Waals surface area contributed by atoms with Crippen molar-refractivity contribution in [3.05, 3.63) is 0 Å². The Morgan fingerprint density at radius 3 is 1.10 bits per heavy atom. The van der Waals surface area contributed by atoms with Crippen molar-refractivity contribution in [1.82, 2.24) is 16.0 Å². The molecule has 0 unspecified atom stereocenters. The van der Waals surface area contributed by atoms with Crippen LogP contribution in [0.2, 0.25) is 0 Å². The van der Waals surface area contributed by atoms with Crippen molar-refractivity contribution >= 4 is 0 Å². The molecule has 9 N–H and O–H groups in total. The van der Waals surface area contributed by atoms with Crippen LogP contribution in [0.5, 0.6) is 0 Å². The number of rotatable bonds is 12. The summed E-state index contributed by atoms with van der Waals surface area (Å²) in [6.45, 7) is 9.59. The Balaban J connectivity index is -0.000000213. The van der Waals surface area contributed by atoms with Crippen molar-refractivity contribution in [2.45, 2.75) is 6.92 Å². The number of hydrogen-bond acceptors (Lipinski definition) is 6. The van der Waals surface area contributed by atoms with Crippen molar-refractivity contribution < 1.29 is 54.0 Å². The van der Waals surface area contributed by atoms with Gasteiger partial charge in [-0.25, -0.2) is 0 Å². The van der Waals surface area contributed by atoms with E-state index in [0.29, 0.717) is 19.6 Å². The van der Waals surface area contributed by atoms with Crippen LogP contribution >= 0.6 is 0 Å². The van der Waals surface area contributed by atoms with Gasteiger partial charge in [-0.3, -0.25) is 0 Å². The molecule has 0 aromatic rings. The van der Waals surface area contributed by atoms with E-state index < -0.39 is 0 Å². The first-order chi connectivity index (χ1) is 8.18. The summed E-state index contributed by atoms with van der Waals surface area (Å²) in [6.07, 6.45) is 0. The van der Waals surface area contributed by atoms with Gasteiger partial charge in [0.2, 0.25) is 0 Å². The molecule has 0 heterocycles. The zero-order valence-corrected chi connectivity index (χ0v) is 15.9. The monoisotopic (exact) mass is 410 g/mol. The Morgan fingerprint density at radius 2 is 0.905 bits per heavy atom. The fourth-order valence-corrected chi connectivity index (χ4v) is 1.66. The molecule has 0 amide bonds. The van der Waals surface area contributed by atoms with Gasteiger partial charge in [-0.1, -0.05) is 6.92 Å². The summed E-state index contributed by atoms with van der Waals surface area (Å²) in [6, 6.07) is 0. The molecular weight excluding hydrogens is 381 g/mol. The minimum Gasteiger partial charge on any atom is -1.00 e. The fourth-order valence-electron chi connectivity index (χ4n) is 1.66. The van der Waals surface area contributed by atoms with E-state index in [1.807, 2.05) is 0 Å². The van der Waals surface area contributed by atoms with Crippen molar-refractivity contribution in [3.8, 4) is 0 Å². The molecule has 10 heteroatoms. The van der Waals surface area contributed by atoms with Crippen LogP contribution < -0.4 is 70.4 Å². The summed E-state index contributed by atoms with van der Waals surface area (Å²) in [7, 11) is 0. The third kappa shape index (κ3) is 21.1. The van der Waals surface area contributed by atoms with Crippen LogP contribution in [0, 0.1) is 5.41 Å². The molecule has 0 saturated carbocycles. The summed E-state index contributed by atoms with van der Waals surface area (Å²) in [5, 5.41) is 10.1. The molecule has 0 fully saturated rings. The first-order valence-corrected chi connectivity index (χ1v) is 6.41. The SMILES string of the molecule is CC(CNCCN)(CNCCN)CNCCN.[Cl-].[Cl-].[Cl-].[Co+3]. The van der Waals surface area contributed by atoms with Crippen LogP contribution in [0.15, 0.2) is 0 Å². The van der Waals surface area contributed by atoms with Gasteiger partial charge in [0, 0.05) is 64.3 Å². The second kappa shape index (κ2) is 23.4. The number of halogens is 3. The maximum atomic E-state index is 5.47. The van der Waals surface area contributed by atoms with Gasteiger partial charge in [0.1, 0.15) is 0 Å². The zero-order valence-electron chi connectivity index (χ0n) is 12.6. The van der Waals surface area contributed by atoms with Gasteiger partial charge in [0.25, 0.3) is 0 Å². The van der Waals surface area contributed by atoms with Crippen molar-refractivity contribution in [1.29, 1.82) is 0 Å². The maximum absolute atomic E-state index is 5.47. The van der Waals surface area contributed by atoms with Crippen LogP contribution in [0.4, 0.5) is 0 Å². The number of nitrogens with one attached hydrogen (secondary N) is 3. The molecule has 0 aliphatic heterocycles. The normalized spacial score (nSPS) is 9.71. The standard InChI is InChI=1S/C11H30N6.3ClH.Co/c1-11(8-15-5-2-12,9-16-6-3-13)10-17-7-4-14;;;;/h15-17H,2-10,12-14H2,1H3;3*1H;/q;;;;+3/p-3. The van der Waals surface area contributed by atoms with Gasteiger partial charge >= 0.3 is 16.8 Å². The van der Waals surface area contributed by atoms with Crippen molar-refractivity contribution in [3.63, 3.8) is 0 Å². The van der Waals surface area contributed by atoms with Crippen LogP contribution in [-0.4, -0.2) is 58.9 Å². The van der Waals surface area contributed by atoms with E-state index in [0.717, 1.165) is 39.3 Å². The second-order valence-corrected chi connectivity index (χ2v) is 4.71. The number of nitrogens with two attached hydrogens (primary N) is 3. The van der Waals surface area contributed by atoms with Crippen molar-refractivity contribution in [2.75, 3.05) is 58.9 Å². The predicted molar refractivity (Wildman–Crippen MR) is 73.9 cm³/mol. The molecule has 0 aliphatic carbocycles. The molecule has 0 rings (SSSR count). The quantitative estimate of drug-likeness (QED) is 0.178. The van der Waals surface area contributed by atoms with Gasteiger partial charge in [-0.15, -0.1) is 0 Å². The molecular formula is C11H30Cl3CoN6. The summed E-state index contributed by atoms with van der Waals surface area (Å²) >= 11 is 0. The summed E-state index contributed by atoms with van der Waals surface area (Å²) in [5.74, 6) is 0. The predicted octanol–water partition coefficient (Wildman–Crippen LogP) is -11.4. The van der Waals surface area contributed by atoms with Crippen molar-refractivity contribution in [2.24, 2.45) is 22.6 Å². The smallest absolute Gasteiger partial charge is 1.00 e. The molecule has 0 spiro atoms. The minimum atomic E-state index is 0. The molecule has 0 saturated heterocycles. The second-order valence-electron chi connectivity index (χ2n) is 4.71. The van der Waals surface area contributed by atoms with Gasteiger partial charge in [0.15, 0.2) is 0 Å². The number of hydrogen-bond donors (Lipinski definition) is 6. The summed E-state index contributed by atoms with van der Waals surface area (Å²) < 4.78 is 0. The zero-order chi connectivity index (χ0) is 13.0. The van der Waals surface area contributed by atoms with Gasteiger partial charge < -0.3 is 70.4 Å². The Hall–Kier alpha value is 1.14. The molecule has 21 heavy (non-hydrogen) atoms. The molecule has 0 aromatic heterocycles. The molecule has 0 radical (unpaired) electrons. The molecule has 0 aliphatic rings. The van der Waals surface area contributed by atoms with Crippen LogP contribution in [0.3, 0.4) is 0 Å². The van der Waals surface area contributed by atoms with E-state index in [2.05, 4.69) is 22.9 Å².